The van der Waals surface area contributed by atoms with E-state index in [0.29, 0.717) is 5.01 Å². The maximum Gasteiger partial charge on any atom is 0.136 e. The quantitative estimate of drug-likeness (QED) is 0.837. The Morgan fingerprint density at radius 1 is 1.41 bits per heavy atom. The van der Waals surface area contributed by atoms with Crippen molar-refractivity contribution in [2.45, 2.75) is 12.3 Å². The van der Waals surface area contributed by atoms with Crippen molar-refractivity contribution < 1.29 is 0 Å². The molecule has 0 saturated carbocycles. The van der Waals surface area contributed by atoms with Gasteiger partial charge in [-0.15, -0.1) is 11.3 Å². The Labute approximate surface area is 102 Å². The summed E-state index contributed by atoms with van der Waals surface area (Å²) in [6, 6.07) is 11.5. The number of fused-ring (bicyclic) bond motifs is 1. The van der Waals surface area contributed by atoms with Gasteiger partial charge < -0.3 is 5.41 Å². The molecule has 0 fully saturated rings. The van der Waals surface area contributed by atoms with Gasteiger partial charge in [-0.25, -0.2) is 4.98 Å². The molecule has 0 radical (unpaired) electrons. The molecular weight excluding hydrogens is 232 g/mol. The zero-order valence-corrected chi connectivity index (χ0v) is 9.66. The average Bonchev–Trinajstić information content (AvgIpc) is 2.73. The maximum absolute atomic E-state index is 9.07. The van der Waals surface area contributed by atoms with Gasteiger partial charge in [0.25, 0.3) is 0 Å². The fraction of sp³-hybridized carbons (Fsp3) is 0.167. The summed E-state index contributed by atoms with van der Waals surface area (Å²) in [5, 5.41) is 25.9. The Bertz CT molecular complexity index is 611. The predicted molar refractivity (Wildman–Crippen MR) is 65.9 cm³/mol. The predicted octanol–water partition coefficient (Wildman–Crippen LogP) is 2.84. The minimum Gasteiger partial charge on any atom is -0.307 e. The van der Waals surface area contributed by atoms with Crippen LogP contribution in [0.25, 0.3) is 10.2 Å². The number of benzene rings is 1. The lowest BCUT2D eigenvalue weighted by Crippen LogP contribution is -2.08. The lowest BCUT2D eigenvalue weighted by Gasteiger charge is -2.02. The fourth-order valence-electron chi connectivity index (χ4n) is 1.48. The summed E-state index contributed by atoms with van der Waals surface area (Å²) >= 11 is 1.40. The van der Waals surface area contributed by atoms with E-state index < -0.39 is 5.92 Å². The topological polar surface area (TPSA) is 84.3 Å². The van der Waals surface area contributed by atoms with Crippen molar-refractivity contribution >= 4 is 27.3 Å². The Morgan fingerprint density at radius 2 is 2.18 bits per heavy atom. The molecule has 0 spiro atoms. The first kappa shape index (κ1) is 11.3. The highest BCUT2D eigenvalue weighted by atomic mass is 32.1. The van der Waals surface area contributed by atoms with Gasteiger partial charge in [-0.05, 0) is 12.1 Å². The molecule has 1 aromatic heterocycles. The highest BCUT2D eigenvalue weighted by molar-refractivity contribution is 7.18. The molecule has 1 aromatic carbocycles. The minimum absolute atomic E-state index is 0.0336. The molecule has 4 nitrogen and oxygen atoms in total. The molecule has 0 aliphatic carbocycles. The first-order chi connectivity index (χ1) is 8.26. The third kappa shape index (κ3) is 2.15. The molecule has 17 heavy (non-hydrogen) atoms. The second kappa shape index (κ2) is 4.73. The highest BCUT2D eigenvalue weighted by Gasteiger charge is 2.20. The second-order valence-electron chi connectivity index (χ2n) is 3.44. The number of para-hydroxylation sites is 1. The van der Waals surface area contributed by atoms with Crippen LogP contribution in [0.15, 0.2) is 24.3 Å². The van der Waals surface area contributed by atoms with Gasteiger partial charge in [0.1, 0.15) is 10.9 Å². The van der Waals surface area contributed by atoms with Crippen LogP contribution in [0.4, 0.5) is 0 Å². The van der Waals surface area contributed by atoms with Crippen molar-refractivity contribution in [1.82, 2.24) is 4.98 Å². The average molecular weight is 240 g/mol. The van der Waals surface area contributed by atoms with E-state index in [4.69, 9.17) is 15.9 Å². The van der Waals surface area contributed by atoms with E-state index in [0.717, 1.165) is 10.2 Å². The van der Waals surface area contributed by atoms with Gasteiger partial charge in [0, 0.05) is 5.71 Å². The molecule has 5 heteroatoms. The third-order valence-corrected chi connectivity index (χ3v) is 3.41. The van der Waals surface area contributed by atoms with Crippen LogP contribution in [0.1, 0.15) is 17.3 Å². The monoisotopic (exact) mass is 240 g/mol. The number of rotatable bonds is 3. The zero-order valence-electron chi connectivity index (χ0n) is 8.84. The van der Waals surface area contributed by atoms with Gasteiger partial charge in [-0.2, -0.15) is 10.5 Å². The van der Waals surface area contributed by atoms with E-state index in [1.54, 1.807) is 0 Å². The summed E-state index contributed by atoms with van der Waals surface area (Å²) in [5.74, 6) is -0.702. The van der Waals surface area contributed by atoms with Crippen molar-refractivity contribution in [1.29, 1.82) is 15.9 Å². The number of hydrogen-bond donors (Lipinski definition) is 1. The summed E-state index contributed by atoms with van der Waals surface area (Å²) in [5.41, 5.74) is 0.937. The molecule has 1 atom stereocenters. The van der Waals surface area contributed by atoms with Crippen LogP contribution >= 0.6 is 11.3 Å². The van der Waals surface area contributed by atoms with Gasteiger partial charge in [0.15, 0.2) is 0 Å². The highest BCUT2D eigenvalue weighted by Crippen LogP contribution is 2.28. The fourth-order valence-corrected chi connectivity index (χ4v) is 2.53. The summed E-state index contributed by atoms with van der Waals surface area (Å²) in [6.45, 7) is 0. The van der Waals surface area contributed by atoms with Gasteiger partial charge in [-0.3, -0.25) is 0 Å². The molecule has 0 aliphatic heterocycles. The third-order valence-electron chi connectivity index (χ3n) is 2.30. The van der Waals surface area contributed by atoms with Crippen molar-refractivity contribution in [3.05, 3.63) is 29.3 Å². The van der Waals surface area contributed by atoms with Crippen LogP contribution in [-0.4, -0.2) is 10.7 Å². The largest absolute Gasteiger partial charge is 0.307 e. The van der Waals surface area contributed by atoms with E-state index >= 15 is 0 Å². The minimum atomic E-state index is -0.702. The Morgan fingerprint density at radius 3 is 2.82 bits per heavy atom. The summed E-state index contributed by atoms with van der Waals surface area (Å²) < 4.78 is 0.993. The van der Waals surface area contributed by atoms with Gasteiger partial charge >= 0.3 is 0 Å². The SMILES string of the molecule is N#CCC(=N)[C@@H](C#N)c1nc2ccccc2s1. The summed E-state index contributed by atoms with van der Waals surface area (Å²) in [7, 11) is 0. The zero-order chi connectivity index (χ0) is 12.3. The second-order valence-corrected chi connectivity index (χ2v) is 4.50. The van der Waals surface area contributed by atoms with Crippen molar-refractivity contribution in [2.75, 3.05) is 0 Å². The van der Waals surface area contributed by atoms with Crippen molar-refractivity contribution in [3.8, 4) is 12.1 Å². The normalized spacial score (nSPS) is 11.6. The molecule has 1 N–H and O–H groups in total. The van der Waals surface area contributed by atoms with E-state index in [1.165, 1.54) is 11.3 Å². The van der Waals surface area contributed by atoms with Crippen LogP contribution in [0, 0.1) is 28.1 Å². The van der Waals surface area contributed by atoms with Crippen LogP contribution in [0.3, 0.4) is 0 Å². The first-order valence-corrected chi connectivity index (χ1v) is 5.77. The molecule has 0 unspecified atom stereocenters. The Hall–Kier alpha value is -2.24. The van der Waals surface area contributed by atoms with Crippen LogP contribution < -0.4 is 0 Å². The number of thiazole rings is 1. The lowest BCUT2D eigenvalue weighted by atomic mass is 10.0. The first-order valence-electron chi connectivity index (χ1n) is 4.95. The maximum atomic E-state index is 9.07. The van der Waals surface area contributed by atoms with Gasteiger partial charge in [0.05, 0.1) is 28.8 Å². The molecule has 0 amide bonds. The Kier molecular flexibility index (Phi) is 3.13. The summed E-state index contributed by atoms with van der Waals surface area (Å²) in [4.78, 5) is 4.33. The number of nitriles is 2. The molecule has 0 bridgehead atoms. The summed E-state index contributed by atoms with van der Waals surface area (Å²) in [6.07, 6.45) is -0.0336. The molecule has 2 rings (SSSR count). The smallest absolute Gasteiger partial charge is 0.136 e. The van der Waals surface area contributed by atoms with Crippen molar-refractivity contribution in [2.24, 2.45) is 0 Å². The lowest BCUT2D eigenvalue weighted by molar-refractivity contribution is 1.07. The van der Waals surface area contributed by atoms with Crippen LogP contribution in [-0.2, 0) is 0 Å². The number of nitrogens with one attached hydrogen (secondary N) is 1. The Balaban J connectivity index is 2.41. The van der Waals surface area contributed by atoms with E-state index in [1.807, 2.05) is 36.4 Å². The van der Waals surface area contributed by atoms with E-state index in [9.17, 15) is 0 Å². The van der Waals surface area contributed by atoms with Crippen LogP contribution in [0.2, 0.25) is 0 Å². The van der Waals surface area contributed by atoms with Gasteiger partial charge in [0.2, 0.25) is 0 Å². The number of nitrogens with zero attached hydrogens (tertiary/aromatic N) is 3. The van der Waals surface area contributed by atoms with E-state index in [-0.39, 0.29) is 12.1 Å². The molecule has 1 heterocycles. The molecule has 0 aliphatic rings. The van der Waals surface area contributed by atoms with Gasteiger partial charge in [-0.1, -0.05) is 12.1 Å². The molecule has 2 aromatic rings. The molecule has 82 valence electrons. The molecule has 0 saturated heterocycles. The number of hydrogen-bond acceptors (Lipinski definition) is 5. The standard InChI is InChI=1S/C12H8N4S/c13-6-5-9(15)8(7-14)12-16-10-3-1-2-4-11(10)17-12/h1-4,8,15H,5H2/t8-/m1/s1. The van der Waals surface area contributed by atoms with Crippen LogP contribution in [0.5, 0.6) is 0 Å². The number of aromatic nitrogens is 1. The van der Waals surface area contributed by atoms with E-state index in [2.05, 4.69) is 4.98 Å². The van der Waals surface area contributed by atoms with Crippen molar-refractivity contribution in [3.63, 3.8) is 0 Å². The molecular formula is C12H8N4S.